The highest BCUT2D eigenvalue weighted by atomic mass is 35.5. The second-order valence-electron chi connectivity index (χ2n) is 11.1. The molecule has 0 bridgehead atoms. The minimum Gasteiger partial charge on any atom is -0.480 e. The van der Waals surface area contributed by atoms with Gasteiger partial charge in [0, 0.05) is 23.5 Å². The predicted molar refractivity (Wildman–Crippen MR) is 134 cm³/mol. The van der Waals surface area contributed by atoms with Gasteiger partial charge in [0.25, 0.3) is 0 Å². The van der Waals surface area contributed by atoms with Gasteiger partial charge in [-0.15, -0.1) is 0 Å². The standard InChI is InChI=1S/C26H32BClFNO5/c1-23(2,3)33-22(31)30-15-26(16-11-9-8-10-12-16)14-17-19(32-26)13-18(29)21(28)20(17)27-34-24(4,5)25(6,7)35-27/h8-13H,14-15H2,1-7H3,(H,30,31)/t26-/m1/s1. The molecule has 1 atom stereocenters. The van der Waals surface area contributed by atoms with Crippen molar-refractivity contribution in [3.8, 4) is 5.75 Å². The zero-order chi connectivity index (χ0) is 25.8. The number of hydrogen-bond acceptors (Lipinski definition) is 5. The van der Waals surface area contributed by atoms with Gasteiger partial charge in [0.2, 0.25) is 0 Å². The molecule has 4 rings (SSSR count). The summed E-state index contributed by atoms with van der Waals surface area (Å²) >= 11 is 6.50. The van der Waals surface area contributed by atoms with E-state index >= 15 is 4.39 Å². The van der Waals surface area contributed by atoms with Crippen LogP contribution in [0.1, 0.15) is 59.6 Å². The molecule has 2 aromatic rings. The minimum atomic E-state index is -1.00. The van der Waals surface area contributed by atoms with Gasteiger partial charge in [0.1, 0.15) is 17.2 Å². The normalized spacial score (nSPS) is 22.5. The van der Waals surface area contributed by atoms with Gasteiger partial charge in [0.15, 0.2) is 5.60 Å². The van der Waals surface area contributed by atoms with Crippen LogP contribution in [0.25, 0.3) is 0 Å². The van der Waals surface area contributed by atoms with Crippen LogP contribution >= 0.6 is 11.6 Å². The van der Waals surface area contributed by atoms with Crippen LogP contribution in [0.3, 0.4) is 0 Å². The van der Waals surface area contributed by atoms with Crippen LogP contribution in [-0.2, 0) is 26.1 Å². The highest BCUT2D eigenvalue weighted by Gasteiger charge is 2.55. The Bertz CT molecular complexity index is 1120. The van der Waals surface area contributed by atoms with Crippen molar-refractivity contribution in [1.82, 2.24) is 5.32 Å². The Balaban J connectivity index is 1.73. The minimum absolute atomic E-state index is 0.0604. The van der Waals surface area contributed by atoms with E-state index in [4.69, 9.17) is 30.4 Å². The molecule has 0 radical (unpaired) electrons. The molecule has 1 amide bonds. The summed E-state index contributed by atoms with van der Waals surface area (Å²) in [5.74, 6) is -0.287. The van der Waals surface area contributed by atoms with Gasteiger partial charge in [0.05, 0.1) is 22.8 Å². The van der Waals surface area contributed by atoms with Crippen molar-refractivity contribution >= 4 is 30.3 Å². The fourth-order valence-electron chi connectivity index (χ4n) is 4.30. The second-order valence-corrected chi connectivity index (χ2v) is 11.5. The quantitative estimate of drug-likeness (QED) is 0.586. The molecule has 9 heteroatoms. The van der Waals surface area contributed by atoms with Gasteiger partial charge in [-0.3, -0.25) is 0 Å². The lowest BCUT2D eigenvalue weighted by Crippen LogP contribution is -2.46. The summed E-state index contributed by atoms with van der Waals surface area (Å²) in [6.07, 6.45) is -0.246. The Kier molecular flexibility index (Phi) is 6.40. The number of alkyl carbamates (subject to hydrolysis) is 1. The SMILES string of the molecule is CC(C)(C)OC(=O)NC[C@@]1(c2ccccc2)Cc2c(cc(F)c(Cl)c2B2OC(C)(C)C(C)(C)O2)O1. The summed E-state index contributed by atoms with van der Waals surface area (Å²) < 4.78 is 39.3. The largest absolute Gasteiger partial charge is 0.496 e. The number of rotatable bonds is 4. The molecule has 0 aliphatic carbocycles. The van der Waals surface area contributed by atoms with Crippen LogP contribution in [0.2, 0.25) is 5.02 Å². The highest BCUT2D eigenvalue weighted by molar-refractivity contribution is 6.66. The van der Waals surface area contributed by atoms with E-state index in [2.05, 4.69) is 5.32 Å². The number of carbonyl (C=O) groups excluding carboxylic acids is 1. The van der Waals surface area contributed by atoms with Gasteiger partial charge < -0.3 is 24.1 Å². The molecule has 1 N–H and O–H groups in total. The maximum absolute atomic E-state index is 15.0. The predicted octanol–water partition coefficient (Wildman–Crippen LogP) is 5.13. The molecule has 0 spiro atoms. The first-order valence-electron chi connectivity index (χ1n) is 11.7. The van der Waals surface area contributed by atoms with Gasteiger partial charge in [-0.25, -0.2) is 9.18 Å². The van der Waals surface area contributed by atoms with Crippen molar-refractivity contribution in [2.75, 3.05) is 6.54 Å². The van der Waals surface area contributed by atoms with Gasteiger partial charge in [-0.2, -0.15) is 0 Å². The first-order valence-corrected chi connectivity index (χ1v) is 12.1. The molecule has 0 saturated carbocycles. The molecule has 2 aromatic carbocycles. The van der Waals surface area contributed by atoms with Gasteiger partial charge in [-0.05, 0) is 54.0 Å². The van der Waals surface area contributed by atoms with Crippen LogP contribution in [-0.4, -0.2) is 36.6 Å². The van der Waals surface area contributed by atoms with Gasteiger partial charge in [-0.1, -0.05) is 41.9 Å². The topological polar surface area (TPSA) is 66.0 Å². The Morgan fingerprint density at radius 1 is 1.14 bits per heavy atom. The van der Waals surface area contributed by atoms with E-state index in [0.717, 1.165) is 5.56 Å². The number of benzene rings is 2. The summed E-state index contributed by atoms with van der Waals surface area (Å²) in [7, 11) is -0.870. The molecule has 1 fully saturated rings. The summed E-state index contributed by atoms with van der Waals surface area (Å²) in [6.45, 7) is 13.2. The Labute approximate surface area is 211 Å². The molecule has 188 valence electrons. The summed E-state index contributed by atoms with van der Waals surface area (Å²) in [4.78, 5) is 12.5. The molecule has 2 aliphatic rings. The average Bonchev–Trinajstić information content (AvgIpc) is 3.20. The zero-order valence-corrected chi connectivity index (χ0v) is 22.0. The van der Waals surface area contributed by atoms with E-state index in [1.165, 1.54) is 6.07 Å². The van der Waals surface area contributed by atoms with Crippen molar-refractivity contribution in [3.63, 3.8) is 0 Å². The van der Waals surface area contributed by atoms with Crippen LogP contribution in [0, 0.1) is 5.82 Å². The van der Waals surface area contributed by atoms with E-state index < -0.39 is 41.4 Å². The first kappa shape index (κ1) is 25.8. The molecular weight excluding hydrogens is 472 g/mol. The Morgan fingerprint density at radius 2 is 1.74 bits per heavy atom. The highest BCUT2D eigenvalue weighted by Crippen LogP contribution is 2.44. The molecule has 2 heterocycles. The molecule has 0 unspecified atom stereocenters. The monoisotopic (exact) mass is 503 g/mol. The number of halogens is 2. The van der Waals surface area contributed by atoms with Crippen molar-refractivity contribution in [2.24, 2.45) is 0 Å². The molecule has 6 nitrogen and oxygen atoms in total. The van der Waals surface area contributed by atoms with Crippen LogP contribution in [0.4, 0.5) is 9.18 Å². The lowest BCUT2D eigenvalue weighted by molar-refractivity contribution is 0.00578. The van der Waals surface area contributed by atoms with Crippen LogP contribution in [0.15, 0.2) is 36.4 Å². The number of nitrogens with one attached hydrogen (secondary N) is 1. The number of amides is 1. The Morgan fingerprint density at radius 3 is 2.31 bits per heavy atom. The summed E-state index contributed by atoms with van der Waals surface area (Å²) in [5.41, 5.74) is -0.994. The van der Waals surface area contributed by atoms with E-state index in [9.17, 15) is 4.79 Å². The van der Waals surface area contributed by atoms with Crippen LogP contribution in [0.5, 0.6) is 5.75 Å². The lowest BCUT2D eigenvalue weighted by Gasteiger charge is -2.32. The zero-order valence-electron chi connectivity index (χ0n) is 21.3. The number of carbonyl (C=O) groups is 1. The molecule has 35 heavy (non-hydrogen) atoms. The van der Waals surface area contributed by atoms with Crippen molar-refractivity contribution in [1.29, 1.82) is 0 Å². The van der Waals surface area contributed by atoms with Gasteiger partial charge >= 0.3 is 13.2 Å². The smallest absolute Gasteiger partial charge is 0.480 e. The van der Waals surface area contributed by atoms with E-state index in [1.54, 1.807) is 20.8 Å². The first-order chi connectivity index (χ1) is 16.1. The summed E-state index contributed by atoms with van der Waals surface area (Å²) in [6, 6.07) is 10.8. The number of fused-ring (bicyclic) bond motifs is 1. The van der Waals surface area contributed by atoms with E-state index in [1.807, 2.05) is 58.0 Å². The fourth-order valence-corrected chi connectivity index (χ4v) is 4.56. The lowest BCUT2D eigenvalue weighted by atomic mass is 9.73. The van der Waals surface area contributed by atoms with Crippen LogP contribution < -0.4 is 15.5 Å². The van der Waals surface area contributed by atoms with Crippen molar-refractivity contribution < 1.29 is 28.0 Å². The molecular formula is C26H32BClFNO5. The third-order valence-electron chi connectivity index (χ3n) is 6.80. The number of ether oxygens (including phenoxy) is 2. The van der Waals surface area contributed by atoms with E-state index in [-0.39, 0.29) is 11.6 Å². The molecule has 2 aliphatic heterocycles. The number of hydrogen-bond donors (Lipinski definition) is 1. The molecule has 1 saturated heterocycles. The van der Waals surface area contributed by atoms with Crippen molar-refractivity contribution in [2.45, 2.75) is 77.3 Å². The third-order valence-corrected chi connectivity index (χ3v) is 7.18. The molecule has 0 aromatic heterocycles. The van der Waals surface area contributed by atoms with Crippen molar-refractivity contribution in [3.05, 3.63) is 58.4 Å². The maximum atomic E-state index is 15.0. The Hall–Kier alpha value is -2.29. The second kappa shape index (κ2) is 8.68. The average molecular weight is 504 g/mol. The third kappa shape index (κ3) is 4.88. The summed E-state index contributed by atoms with van der Waals surface area (Å²) in [5, 5.41) is 2.76. The maximum Gasteiger partial charge on any atom is 0.496 e. The van der Waals surface area contributed by atoms with E-state index in [0.29, 0.717) is 23.2 Å². The fraction of sp³-hybridized carbons (Fsp3) is 0.500.